The summed E-state index contributed by atoms with van der Waals surface area (Å²) in [5, 5.41) is 12.3. The molecule has 8 nitrogen and oxygen atoms in total. The molecule has 0 saturated carbocycles. The second kappa shape index (κ2) is 11.9. The first-order chi connectivity index (χ1) is 16.4. The van der Waals surface area contributed by atoms with Crippen molar-refractivity contribution in [3.8, 4) is 11.5 Å². The highest BCUT2D eigenvalue weighted by Gasteiger charge is 2.25. The van der Waals surface area contributed by atoms with Gasteiger partial charge in [0.25, 0.3) is 0 Å². The molecule has 0 spiro atoms. The van der Waals surface area contributed by atoms with Crippen molar-refractivity contribution in [3.63, 3.8) is 0 Å². The molecule has 0 aliphatic carbocycles. The number of rotatable bonds is 11. The van der Waals surface area contributed by atoms with Gasteiger partial charge in [-0.25, -0.2) is 0 Å². The minimum Gasteiger partial charge on any atom is -0.497 e. The summed E-state index contributed by atoms with van der Waals surface area (Å²) < 4.78 is 12.7. The molecule has 0 bridgehead atoms. The Morgan fingerprint density at radius 2 is 1.74 bits per heavy atom. The first-order valence-corrected chi connectivity index (χ1v) is 12.1. The van der Waals surface area contributed by atoms with Crippen molar-refractivity contribution in [2.24, 2.45) is 0 Å². The van der Waals surface area contributed by atoms with Crippen molar-refractivity contribution < 1.29 is 14.3 Å². The third-order valence-electron chi connectivity index (χ3n) is 5.51. The summed E-state index contributed by atoms with van der Waals surface area (Å²) in [6.45, 7) is 4.64. The number of carbonyl (C=O) groups is 1. The van der Waals surface area contributed by atoms with E-state index in [0.717, 1.165) is 17.8 Å². The molecule has 0 aliphatic heterocycles. The number of methoxy groups -OCH3 is 2. The number of hydrogen-bond donors (Lipinski definition) is 1. The van der Waals surface area contributed by atoms with E-state index in [1.165, 1.54) is 11.8 Å². The van der Waals surface area contributed by atoms with Gasteiger partial charge in [0.15, 0.2) is 11.0 Å². The molecule has 3 aromatic rings. The van der Waals surface area contributed by atoms with Crippen molar-refractivity contribution >= 4 is 23.4 Å². The number of nitrogens with one attached hydrogen (secondary N) is 1. The molecule has 0 saturated heterocycles. The molecule has 0 fully saturated rings. The van der Waals surface area contributed by atoms with Crippen LogP contribution in [0.15, 0.2) is 53.7 Å². The second-order valence-corrected chi connectivity index (χ2v) is 9.46. The first-order valence-electron chi connectivity index (χ1n) is 11.2. The van der Waals surface area contributed by atoms with Crippen LogP contribution in [0.2, 0.25) is 0 Å². The predicted octanol–water partition coefficient (Wildman–Crippen LogP) is 4.48. The topological polar surface area (TPSA) is 81.5 Å². The lowest BCUT2D eigenvalue weighted by atomic mass is 10.2. The maximum absolute atomic E-state index is 13.0. The van der Waals surface area contributed by atoms with Gasteiger partial charge in [-0.2, -0.15) is 0 Å². The zero-order chi connectivity index (χ0) is 24.7. The summed E-state index contributed by atoms with van der Waals surface area (Å²) in [5.41, 5.74) is 1.76. The summed E-state index contributed by atoms with van der Waals surface area (Å²) in [6.07, 6.45) is 0.901. The minimum atomic E-state index is -0.400. The van der Waals surface area contributed by atoms with Gasteiger partial charge in [-0.3, -0.25) is 9.69 Å². The Morgan fingerprint density at radius 1 is 1.09 bits per heavy atom. The molecule has 2 aromatic carbocycles. The first kappa shape index (κ1) is 25.6. The van der Waals surface area contributed by atoms with E-state index in [1.807, 2.05) is 39.2 Å². The predicted molar refractivity (Wildman–Crippen MR) is 136 cm³/mol. The van der Waals surface area contributed by atoms with Gasteiger partial charge in [0.1, 0.15) is 11.5 Å². The van der Waals surface area contributed by atoms with Gasteiger partial charge >= 0.3 is 0 Å². The van der Waals surface area contributed by atoms with E-state index in [4.69, 9.17) is 9.47 Å². The van der Waals surface area contributed by atoms with Crippen LogP contribution in [0.3, 0.4) is 0 Å². The molecule has 2 atom stereocenters. The highest BCUT2D eigenvalue weighted by atomic mass is 32.2. The van der Waals surface area contributed by atoms with Crippen LogP contribution >= 0.6 is 11.8 Å². The van der Waals surface area contributed by atoms with Crippen LogP contribution in [0.5, 0.6) is 11.5 Å². The van der Waals surface area contributed by atoms with Gasteiger partial charge in [-0.1, -0.05) is 49.0 Å². The monoisotopic (exact) mass is 483 g/mol. The van der Waals surface area contributed by atoms with Crippen molar-refractivity contribution in [1.29, 1.82) is 0 Å². The average Bonchev–Trinajstić information content (AvgIpc) is 3.21. The molecule has 34 heavy (non-hydrogen) atoms. The molecule has 3 rings (SSSR count). The number of aromatic nitrogens is 3. The number of thioether (sulfide) groups is 1. The van der Waals surface area contributed by atoms with Gasteiger partial charge < -0.3 is 19.4 Å². The number of ether oxygens (including phenoxy) is 2. The number of amides is 1. The highest BCUT2D eigenvalue weighted by Crippen LogP contribution is 2.30. The SMILES string of the molecule is CCC(c1nnc(SC(C)C(=O)Nc2cc(OC)cc(OC)c2)n1Cc1ccccc1)N(C)C. The Kier molecular flexibility index (Phi) is 8.95. The molecule has 1 amide bonds. The molecule has 182 valence electrons. The van der Waals surface area contributed by atoms with Crippen LogP contribution in [0.1, 0.15) is 37.7 Å². The number of anilines is 1. The molecule has 2 unspecified atom stereocenters. The molecule has 1 N–H and O–H groups in total. The normalized spacial score (nSPS) is 12.9. The Hall–Kier alpha value is -3.04. The standard InChI is InChI=1S/C25H33N5O3S/c1-7-22(29(3)4)23-27-28-25(30(23)16-18-11-9-8-10-12-18)34-17(2)24(31)26-19-13-20(32-5)15-21(14-19)33-6/h8-15,17,22H,7,16H2,1-6H3,(H,26,31). The number of carbonyl (C=O) groups excluding carboxylic acids is 1. The lowest BCUT2D eigenvalue weighted by Gasteiger charge is -2.23. The fraction of sp³-hybridized carbons (Fsp3) is 0.400. The van der Waals surface area contributed by atoms with Crippen molar-refractivity contribution in [2.75, 3.05) is 33.6 Å². The Morgan fingerprint density at radius 3 is 2.29 bits per heavy atom. The maximum Gasteiger partial charge on any atom is 0.237 e. The van der Waals surface area contributed by atoms with E-state index in [0.29, 0.717) is 28.9 Å². The van der Waals surface area contributed by atoms with E-state index >= 15 is 0 Å². The van der Waals surface area contributed by atoms with Gasteiger partial charge in [-0.05, 0) is 33.0 Å². The smallest absolute Gasteiger partial charge is 0.237 e. The van der Waals surface area contributed by atoms with E-state index in [1.54, 1.807) is 32.4 Å². The Bertz CT molecular complexity index is 1070. The van der Waals surface area contributed by atoms with Crippen molar-refractivity contribution in [3.05, 3.63) is 59.9 Å². The summed E-state index contributed by atoms with van der Waals surface area (Å²) in [5.74, 6) is 1.97. The van der Waals surface area contributed by atoms with Gasteiger partial charge in [0.2, 0.25) is 5.91 Å². The fourth-order valence-electron chi connectivity index (χ4n) is 3.66. The van der Waals surface area contributed by atoms with Crippen LogP contribution in [0, 0.1) is 0 Å². The quantitative estimate of drug-likeness (QED) is 0.403. The summed E-state index contributed by atoms with van der Waals surface area (Å²) in [7, 11) is 7.24. The minimum absolute atomic E-state index is 0.124. The second-order valence-electron chi connectivity index (χ2n) is 8.15. The van der Waals surface area contributed by atoms with E-state index in [2.05, 4.69) is 44.0 Å². The third kappa shape index (κ3) is 6.30. The molecule has 1 aromatic heterocycles. The summed E-state index contributed by atoms with van der Waals surface area (Å²) >= 11 is 1.39. The van der Waals surface area contributed by atoms with E-state index in [9.17, 15) is 4.79 Å². The Balaban J connectivity index is 1.83. The molecular weight excluding hydrogens is 450 g/mol. The number of benzene rings is 2. The summed E-state index contributed by atoms with van der Waals surface area (Å²) in [6, 6.07) is 15.6. The average molecular weight is 484 g/mol. The lowest BCUT2D eigenvalue weighted by molar-refractivity contribution is -0.115. The molecular formula is C25H33N5O3S. The van der Waals surface area contributed by atoms with Gasteiger partial charge in [-0.15, -0.1) is 10.2 Å². The molecule has 0 aliphatic rings. The zero-order valence-electron chi connectivity index (χ0n) is 20.6. The van der Waals surface area contributed by atoms with E-state index in [-0.39, 0.29) is 11.9 Å². The van der Waals surface area contributed by atoms with Gasteiger partial charge in [0.05, 0.1) is 32.1 Å². The van der Waals surface area contributed by atoms with Crippen LogP contribution in [0.4, 0.5) is 5.69 Å². The van der Waals surface area contributed by atoms with Gasteiger partial charge in [0, 0.05) is 23.9 Å². The Labute approximate surface area is 205 Å². The van der Waals surface area contributed by atoms with Crippen molar-refractivity contribution in [1.82, 2.24) is 19.7 Å². The third-order valence-corrected chi connectivity index (χ3v) is 6.59. The number of hydrogen-bond acceptors (Lipinski definition) is 7. The zero-order valence-corrected chi connectivity index (χ0v) is 21.4. The highest BCUT2D eigenvalue weighted by molar-refractivity contribution is 8.00. The van der Waals surface area contributed by atoms with Crippen LogP contribution in [-0.2, 0) is 11.3 Å². The molecule has 9 heteroatoms. The van der Waals surface area contributed by atoms with Crippen LogP contribution in [-0.4, -0.2) is 59.1 Å². The number of nitrogens with zero attached hydrogens (tertiary/aromatic N) is 4. The summed E-state index contributed by atoms with van der Waals surface area (Å²) in [4.78, 5) is 15.2. The van der Waals surface area contributed by atoms with Crippen LogP contribution < -0.4 is 14.8 Å². The molecule has 0 radical (unpaired) electrons. The maximum atomic E-state index is 13.0. The lowest BCUT2D eigenvalue weighted by Crippen LogP contribution is -2.25. The van der Waals surface area contributed by atoms with E-state index < -0.39 is 5.25 Å². The molecule has 1 heterocycles. The van der Waals surface area contributed by atoms with Crippen molar-refractivity contribution in [2.45, 2.75) is 43.3 Å². The fourth-order valence-corrected chi connectivity index (χ4v) is 4.52. The van der Waals surface area contributed by atoms with Crippen LogP contribution in [0.25, 0.3) is 0 Å². The largest absolute Gasteiger partial charge is 0.497 e.